The Kier molecular flexibility index (Phi) is 3.26. The number of aryl methyl sites for hydroxylation is 2. The van der Waals surface area contributed by atoms with Crippen molar-refractivity contribution in [1.29, 1.82) is 0 Å². The second-order valence-corrected chi connectivity index (χ2v) is 7.90. The molecular formula is C14H15N3O2S2. The molecule has 0 spiro atoms. The highest BCUT2D eigenvalue weighted by atomic mass is 32.2. The van der Waals surface area contributed by atoms with Crippen LogP contribution in [-0.2, 0) is 17.1 Å². The summed E-state index contributed by atoms with van der Waals surface area (Å²) in [5.74, 6) is 0. The summed E-state index contributed by atoms with van der Waals surface area (Å²) >= 11 is 1.01. The lowest BCUT2D eigenvalue weighted by Crippen LogP contribution is -2.25. The van der Waals surface area contributed by atoms with Gasteiger partial charge in [0, 0.05) is 31.2 Å². The number of sulfonamides is 1. The Bertz CT molecular complexity index is 909. The Hall–Kier alpha value is -1.86. The van der Waals surface area contributed by atoms with E-state index in [1.165, 1.54) is 4.31 Å². The highest BCUT2D eigenvalue weighted by Crippen LogP contribution is 2.32. The summed E-state index contributed by atoms with van der Waals surface area (Å²) in [6, 6.07) is 9.34. The highest BCUT2D eigenvalue weighted by molar-refractivity contribution is 7.94. The molecule has 2 aromatic heterocycles. The molecule has 0 saturated carbocycles. The molecule has 7 heteroatoms. The number of hydrogen-bond acceptors (Lipinski definition) is 4. The molecule has 2 heterocycles. The van der Waals surface area contributed by atoms with Gasteiger partial charge in [-0.2, -0.15) is 4.37 Å². The maximum atomic E-state index is 12.7. The lowest BCUT2D eigenvalue weighted by atomic mass is 10.2. The van der Waals surface area contributed by atoms with E-state index in [1.807, 2.05) is 42.1 Å². The van der Waals surface area contributed by atoms with Crippen LogP contribution in [0, 0.1) is 6.92 Å². The molecule has 21 heavy (non-hydrogen) atoms. The van der Waals surface area contributed by atoms with Crippen molar-refractivity contribution in [3.05, 3.63) is 42.2 Å². The summed E-state index contributed by atoms with van der Waals surface area (Å²) in [7, 11) is -0.0919. The summed E-state index contributed by atoms with van der Waals surface area (Å²) in [5.41, 5.74) is 2.37. The fraction of sp³-hybridized carbons (Fsp3) is 0.214. The van der Waals surface area contributed by atoms with Crippen LogP contribution in [0.15, 0.2) is 40.7 Å². The van der Waals surface area contributed by atoms with Crippen molar-refractivity contribution in [2.45, 2.75) is 11.1 Å². The summed E-state index contributed by atoms with van der Waals surface area (Å²) in [5, 5.41) is 0.910. The van der Waals surface area contributed by atoms with Gasteiger partial charge in [-0.3, -0.25) is 4.31 Å². The van der Waals surface area contributed by atoms with Crippen molar-refractivity contribution in [1.82, 2.24) is 8.94 Å². The largest absolute Gasteiger partial charge is 0.348 e. The van der Waals surface area contributed by atoms with Crippen LogP contribution in [0.3, 0.4) is 0 Å². The van der Waals surface area contributed by atoms with E-state index in [1.54, 1.807) is 20.0 Å². The summed E-state index contributed by atoms with van der Waals surface area (Å²) in [4.78, 5) is 0. The minimum Gasteiger partial charge on any atom is -0.348 e. The zero-order valence-corrected chi connectivity index (χ0v) is 13.6. The number of fused-ring (bicyclic) bond motifs is 1. The van der Waals surface area contributed by atoms with E-state index in [4.69, 9.17) is 0 Å². The van der Waals surface area contributed by atoms with Crippen molar-refractivity contribution in [3.8, 4) is 0 Å². The van der Waals surface area contributed by atoms with E-state index in [-0.39, 0.29) is 4.21 Å². The van der Waals surface area contributed by atoms with Crippen LogP contribution in [0.5, 0.6) is 0 Å². The number of nitrogens with zero attached hydrogens (tertiary/aromatic N) is 3. The number of aromatic nitrogens is 2. The van der Waals surface area contributed by atoms with E-state index < -0.39 is 10.0 Å². The minimum atomic E-state index is -3.57. The molecule has 0 radical (unpaired) electrons. The van der Waals surface area contributed by atoms with Crippen LogP contribution in [-0.4, -0.2) is 24.4 Å². The fourth-order valence-corrected chi connectivity index (χ4v) is 4.63. The average molecular weight is 321 g/mol. The van der Waals surface area contributed by atoms with Crippen LogP contribution in [0.4, 0.5) is 5.69 Å². The Labute approximate surface area is 127 Å². The van der Waals surface area contributed by atoms with E-state index >= 15 is 0 Å². The SMILES string of the molecule is Cc1cc(S(=O)(=O)N(C)c2cn(C)c3ccccc23)sn1. The Morgan fingerprint density at radius 2 is 2.00 bits per heavy atom. The van der Waals surface area contributed by atoms with Gasteiger partial charge in [0.05, 0.1) is 11.4 Å². The quantitative estimate of drug-likeness (QED) is 0.745. The van der Waals surface area contributed by atoms with Crippen LogP contribution < -0.4 is 4.31 Å². The van der Waals surface area contributed by atoms with E-state index in [9.17, 15) is 8.42 Å². The summed E-state index contributed by atoms with van der Waals surface area (Å²) < 4.78 is 32.9. The maximum Gasteiger partial charge on any atom is 0.275 e. The molecule has 0 aliphatic carbocycles. The first-order valence-electron chi connectivity index (χ1n) is 6.37. The van der Waals surface area contributed by atoms with Crippen molar-refractivity contribution < 1.29 is 8.42 Å². The molecule has 0 bridgehead atoms. The molecule has 0 atom stereocenters. The molecule has 0 fully saturated rings. The van der Waals surface area contributed by atoms with E-state index in [0.717, 1.165) is 22.4 Å². The van der Waals surface area contributed by atoms with Crippen molar-refractivity contribution in [2.24, 2.45) is 7.05 Å². The Balaban J connectivity index is 2.15. The van der Waals surface area contributed by atoms with Gasteiger partial charge in [-0.15, -0.1) is 0 Å². The summed E-state index contributed by atoms with van der Waals surface area (Å²) in [6.45, 7) is 1.79. The van der Waals surface area contributed by atoms with Crippen LogP contribution in [0.2, 0.25) is 0 Å². The summed E-state index contributed by atoms with van der Waals surface area (Å²) in [6.07, 6.45) is 1.83. The molecular weight excluding hydrogens is 306 g/mol. The molecule has 0 unspecified atom stereocenters. The van der Waals surface area contributed by atoms with Gasteiger partial charge in [-0.25, -0.2) is 8.42 Å². The molecule has 0 saturated heterocycles. The predicted molar refractivity (Wildman–Crippen MR) is 85.4 cm³/mol. The third-order valence-electron chi connectivity index (χ3n) is 3.44. The van der Waals surface area contributed by atoms with Gasteiger partial charge in [0.15, 0.2) is 4.21 Å². The van der Waals surface area contributed by atoms with E-state index in [0.29, 0.717) is 11.4 Å². The fourth-order valence-electron chi connectivity index (χ4n) is 2.30. The Morgan fingerprint density at radius 3 is 2.67 bits per heavy atom. The monoisotopic (exact) mass is 321 g/mol. The van der Waals surface area contributed by atoms with E-state index in [2.05, 4.69) is 4.37 Å². The molecule has 0 aliphatic heterocycles. The number of benzene rings is 1. The zero-order chi connectivity index (χ0) is 15.2. The maximum absolute atomic E-state index is 12.7. The van der Waals surface area contributed by atoms with Gasteiger partial charge < -0.3 is 4.57 Å². The van der Waals surface area contributed by atoms with Crippen LogP contribution >= 0.6 is 11.5 Å². The normalized spacial score (nSPS) is 12.0. The zero-order valence-electron chi connectivity index (χ0n) is 11.9. The highest BCUT2D eigenvalue weighted by Gasteiger charge is 2.26. The number of hydrogen-bond donors (Lipinski definition) is 0. The molecule has 3 rings (SSSR count). The lowest BCUT2D eigenvalue weighted by Gasteiger charge is -2.17. The molecule has 0 aliphatic rings. The molecule has 0 N–H and O–H groups in total. The third kappa shape index (κ3) is 2.22. The topological polar surface area (TPSA) is 55.2 Å². The molecule has 110 valence electrons. The van der Waals surface area contributed by atoms with Gasteiger partial charge in [0.25, 0.3) is 10.0 Å². The van der Waals surface area contributed by atoms with Crippen LogP contribution in [0.1, 0.15) is 5.69 Å². The van der Waals surface area contributed by atoms with Gasteiger partial charge in [-0.1, -0.05) is 18.2 Å². The first-order chi connectivity index (χ1) is 9.91. The van der Waals surface area contributed by atoms with Gasteiger partial charge >= 0.3 is 0 Å². The lowest BCUT2D eigenvalue weighted by molar-refractivity contribution is 0.596. The number of para-hydroxylation sites is 1. The smallest absolute Gasteiger partial charge is 0.275 e. The van der Waals surface area contributed by atoms with Crippen LogP contribution in [0.25, 0.3) is 10.9 Å². The third-order valence-corrected chi connectivity index (χ3v) is 6.51. The second-order valence-electron chi connectivity index (χ2n) is 4.90. The van der Waals surface area contributed by atoms with Gasteiger partial charge in [-0.05, 0) is 30.6 Å². The van der Waals surface area contributed by atoms with Gasteiger partial charge in [0.2, 0.25) is 0 Å². The molecule has 0 amide bonds. The minimum absolute atomic E-state index is 0.260. The first kappa shape index (κ1) is 14.1. The first-order valence-corrected chi connectivity index (χ1v) is 8.59. The number of rotatable bonds is 3. The predicted octanol–water partition coefficient (Wildman–Crippen LogP) is 2.77. The van der Waals surface area contributed by atoms with Crippen molar-refractivity contribution >= 4 is 38.1 Å². The average Bonchev–Trinajstić information content (AvgIpc) is 3.03. The standard InChI is InChI=1S/C14H15N3O2S2/c1-10-8-14(20-15-10)21(18,19)17(3)13-9-16(2)12-7-5-4-6-11(12)13/h4-9H,1-3H3. The molecule has 5 nitrogen and oxygen atoms in total. The molecule has 3 aromatic rings. The number of anilines is 1. The Morgan fingerprint density at radius 1 is 1.29 bits per heavy atom. The van der Waals surface area contributed by atoms with Gasteiger partial charge in [0.1, 0.15) is 0 Å². The van der Waals surface area contributed by atoms with Crippen molar-refractivity contribution in [2.75, 3.05) is 11.4 Å². The second kappa shape index (κ2) is 4.85. The molecule has 1 aromatic carbocycles. The van der Waals surface area contributed by atoms with Crippen molar-refractivity contribution in [3.63, 3.8) is 0 Å².